The Balaban J connectivity index is 1.61. The lowest BCUT2D eigenvalue weighted by Crippen LogP contribution is -2.31. The van der Waals surface area contributed by atoms with Crippen molar-refractivity contribution in [2.45, 2.75) is 39.0 Å². The van der Waals surface area contributed by atoms with Crippen LogP contribution in [0, 0.1) is 5.92 Å². The summed E-state index contributed by atoms with van der Waals surface area (Å²) in [6, 6.07) is 7.78. The number of hydrogen-bond donors (Lipinski definition) is 2. The van der Waals surface area contributed by atoms with Crippen LogP contribution in [0.2, 0.25) is 0 Å². The minimum absolute atomic E-state index is 0.147. The average molecular weight is 446 g/mol. The topological polar surface area (TPSA) is 137 Å². The quantitative estimate of drug-likeness (QED) is 0.418. The van der Waals surface area contributed by atoms with Gasteiger partial charge in [0.25, 0.3) is 5.89 Å². The highest BCUT2D eigenvalue weighted by molar-refractivity contribution is 5.58. The first-order valence-electron chi connectivity index (χ1n) is 10.9. The number of rotatable bonds is 8. The van der Waals surface area contributed by atoms with Crippen LogP contribution in [0.25, 0.3) is 22.7 Å². The summed E-state index contributed by atoms with van der Waals surface area (Å²) in [6.07, 6.45) is 8.27. The highest BCUT2D eigenvalue weighted by Crippen LogP contribution is 2.38. The molecule has 0 aliphatic heterocycles. The number of aromatic nitrogens is 6. The summed E-state index contributed by atoms with van der Waals surface area (Å²) in [4.78, 5) is 21.8. The number of nitrogens with zero attached hydrogens (tertiary/aromatic N) is 6. The lowest BCUT2D eigenvalue weighted by molar-refractivity contribution is 0.288. The van der Waals surface area contributed by atoms with Gasteiger partial charge in [-0.3, -0.25) is 9.97 Å². The second-order valence-electron chi connectivity index (χ2n) is 8.41. The van der Waals surface area contributed by atoms with Gasteiger partial charge in [0.1, 0.15) is 0 Å². The molecule has 0 bridgehead atoms. The predicted molar refractivity (Wildman–Crippen MR) is 124 cm³/mol. The Hall–Kier alpha value is -3.72. The number of nitrogen functional groups attached to an aromatic ring is 1. The Kier molecular flexibility index (Phi) is 6.41. The first kappa shape index (κ1) is 22.5. The smallest absolute Gasteiger partial charge is 0.259 e. The summed E-state index contributed by atoms with van der Waals surface area (Å²) >= 11 is 0. The van der Waals surface area contributed by atoms with Gasteiger partial charge in [0, 0.05) is 42.7 Å². The summed E-state index contributed by atoms with van der Waals surface area (Å²) in [5.74, 6) is 1.41. The number of pyridine rings is 2. The van der Waals surface area contributed by atoms with Crippen molar-refractivity contribution in [1.82, 2.24) is 30.1 Å². The molecule has 33 heavy (non-hydrogen) atoms. The minimum atomic E-state index is -0.514. The van der Waals surface area contributed by atoms with Gasteiger partial charge in [-0.2, -0.15) is 4.98 Å². The molecule has 4 aromatic heterocycles. The van der Waals surface area contributed by atoms with Gasteiger partial charge in [0.2, 0.25) is 5.95 Å². The SMILES string of the molecule is CC(C)C(C)(c1ccc(-c2cnc(N)nc2)nc1)c1noc(-c2ccc(CCCO)nc2)n1. The zero-order chi connectivity index (χ0) is 23.4. The molecule has 0 aliphatic rings. The van der Waals surface area contributed by atoms with E-state index in [1.165, 1.54) is 0 Å². The second kappa shape index (κ2) is 9.41. The maximum Gasteiger partial charge on any atom is 0.259 e. The van der Waals surface area contributed by atoms with E-state index in [0.717, 1.165) is 34.5 Å². The molecule has 1 atom stereocenters. The predicted octanol–water partition coefficient (Wildman–Crippen LogP) is 3.45. The van der Waals surface area contributed by atoms with Crippen molar-refractivity contribution in [2.24, 2.45) is 5.92 Å². The Labute approximate surface area is 192 Å². The van der Waals surface area contributed by atoms with E-state index in [4.69, 9.17) is 20.3 Å². The van der Waals surface area contributed by atoms with Crippen molar-refractivity contribution < 1.29 is 9.63 Å². The van der Waals surface area contributed by atoms with Crippen LogP contribution < -0.4 is 5.73 Å². The molecule has 4 heterocycles. The fourth-order valence-electron chi connectivity index (χ4n) is 3.57. The Bertz CT molecular complexity index is 1190. The molecule has 1 unspecified atom stereocenters. The molecule has 0 aliphatic carbocycles. The maximum absolute atomic E-state index is 8.99. The molecule has 3 N–H and O–H groups in total. The number of nitrogens with two attached hydrogens (primary N) is 1. The van der Waals surface area contributed by atoms with E-state index < -0.39 is 5.41 Å². The monoisotopic (exact) mass is 445 g/mol. The van der Waals surface area contributed by atoms with Crippen LogP contribution >= 0.6 is 0 Å². The van der Waals surface area contributed by atoms with Crippen LogP contribution in [0.5, 0.6) is 0 Å². The van der Waals surface area contributed by atoms with Crippen LogP contribution in [0.15, 0.2) is 53.6 Å². The van der Waals surface area contributed by atoms with Gasteiger partial charge in [0.05, 0.1) is 16.7 Å². The summed E-state index contributed by atoms with van der Waals surface area (Å²) in [7, 11) is 0. The van der Waals surface area contributed by atoms with Crippen molar-refractivity contribution in [3.05, 3.63) is 66.1 Å². The number of aliphatic hydroxyl groups is 1. The number of aliphatic hydroxyl groups excluding tert-OH is 1. The Morgan fingerprint density at radius 3 is 2.33 bits per heavy atom. The minimum Gasteiger partial charge on any atom is -0.396 e. The molecule has 4 aromatic rings. The van der Waals surface area contributed by atoms with E-state index in [9.17, 15) is 0 Å². The third-order valence-corrected chi connectivity index (χ3v) is 6.04. The van der Waals surface area contributed by atoms with Crippen molar-refractivity contribution in [2.75, 3.05) is 12.3 Å². The zero-order valence-corrected chi connectivity index (χ0v) is 18.9. The van der Waals surface area contributed by atoms with Crippen LogP contribution in [-0.4, -0.2) is 41.8 Å². The van der Waals surface area contributed by atoms with Gasteiger partial charge in [-0.15, -0.1) is 0 Å². The third-order valence-electron chi connectivity index (χ3n) is 6.04. The molecule has 0 saturated carbocycles. The summed E-state index contributed by atoms with van der Waals surface area (Å²) in [6.45, 7) is 6.48. The van der Waals surface area contributed by atoms with E-state index in [2.05, 4.69) is 45.9 Å². The average Bonchev–Trinajstić information content (AvgIpc) is 3.34. The molecule has 0 saturated heterocycles. The van der Waals surface area contributed by atoms with Gasteiger partial charge in [-0.1, -0.05) is 25.1 Å². The molecule has 4 rings (SSSR count). The van der Waals surface area contributed by atoms with Crippen molar-refractivity contribution in [1.29, 1.82) is 0 Å². The fraction of sp³-hybridized carbons (Fsp3) is 0.333. The van der Waals surface area contributed by atoms with Crippen LogP contribution in [0.1, 0.15) is 44.3 Å². The van der Waals surface area contributed by atoms with E-state index >= 15 is 0 Å². The first-order chi connectivity index (χ1) is 15.9. The highest BCUT2D eigenvalue weighted by atomic mass is 16.5. The molecule has 0 amide bonds. The molecular weight excluding hydrogens is 418 g/mol. The standard InChI is InChI=1S/C24H27N7O2/c1-15(2)24(3,18-7-9-20(27-14-18)17-12-28-23(25)29-13-17)22-30-21(33-31-22)16-6-8-19(26-11-16)5-4-10-32/h6-9,11-15,32H,4-5,10H2,1-3H3,(H2,25,28,29). The van der Waals surface area contributed by atoms with Crippen molar-refractivity contribution in [3.8, 4) is 22.7 Å². The summed E-state index contributed by atoms with van der Waals surface area (Å²) in [5.41, 5.74) is 9.25. The molecule has 0 aromatic carbocycles. The number of anilines is 1. The highest BCUT2D eigenvalue weighted by Gasteiger charge is 2.38. The van der Waals surface area contributed by atoms with E-state index in [-0.39, 0.29) is 18.5 Å². The molecule has 0 radical (unpaired) electrons. The fourth-order valence-corrected chi connectivity index (χ4v) is 3.57. The lowest BCUT2D eigenvalue weighted by atomic mass is 9.73. The van der Waals surface area contributed by atoms with Gasteiger partial charge in [0.15, 0.2) is 5.82 Å². The molecule has 9 nitrogen and oxygen atoms in total. The van der Waals surface area contributed by atoms with Crippen molar-refractivity contribution >= 4 is 5.95 Å². The third kappa shape index (κ3) is 4.58. The molecule has 0 spiro atoms. The molecule has 9 heteroatoms. The van der Waals surface area contributed by atoms with Gasteiger partial charge in [-0.05, 0) is 49.4 Å². The van der Waals surface area contributed by atoms with Crippen molar-refractivity contribution in [3.63, 3.8) is 0 Å². The second-order valence-corrected chi connectivity index (χ2v) is 8.41. The first-order valence-corrected chi connectivity index (χ1v) is 10.9. The van der Waals surface area contributed by atoms with E-state index in [0.29, 0.717) is 18.1 Å². The lowest BCUT2D eigenvalue weighted by Gasteiger charge is -2.30. The number of hydrogen-bond acceptors (Lipinski definition) is 9. The maximum atomic E-state index is 8.99. The van der Waals surface area contributed by atoms with Crippen LogP contribution in [-0.2, 0) is 11.8 Å². The largest absolute Gasteiger partial charge is 0.396 e. The van der Waals surface area contributed by atoms with Crippen LogP contribution in [0.3, 0.4) is 0 Å². The molecular formula is C24H27N7O2. The summed E-state index contributed by atoms with van der Waals surface area (Å²) in [5, 5.41) is 13.3. The Morgan fingerprint density at radius 2 is 1.73 bits per heavy atom. The Morgan fingerprint density at radius 1 is 0.970 bits per heavy atom. The summed E-state index contributed by atoms with van der Waals surface area (Å²) < 4.78 is 5.60. The van der Waals surface area contributed by atoms with Gasteiger partial charge < -0.3 is 15.4 Å². The van der Waals surface area contributed by atoms with Gasteiger partial charge in [-0.25, -0.2) is 9.97 Å². The van der Waals surface area contributed by atoms with Crippen LogP contribution in [0.4, 0.5) is 5.95 Å². The number of aryl methyl sites for hydroxylation is 1. The molecule has 0 fully saturated rings. The molecule has 170 valence electrons. The van der Waals surface area contributed by atoms with Gasteiger partial charge >= 0.3 is 0 Å². The normalized spacial score (nSPS) is 13.2. The van der Waals surface area contributed by atoms with E-state index in [1.54, 1.807) is 18.6 Å². The zero-order valence-electron chi connectivity index (χ0n) is 18.9. The van der Waals surface area contributed by atoms with E-state index in [1.807, 2.05) is 30.5 Å².